The Morgan fingerprint density at radius 3 is 2.21 bits per heavy atom. The highest BCUT2D eigenvalue weighted by Gasteiger charge is 2.16. The van der Waals surface area contributed by atoms with Gasteiger partial charge in [0.1, 0.15) is 27.5 Å². The van der Waals surface area contributed by atoms with Crippen molar-refractivity contribution in [3.8, 4) is 11.5 Å². The van der Waals surface area contributed by atoms with Gasteiger partial charge < -0.3 is 14.0 Å². The molecule has 0 unspecified atom stereocenters. The predicted molar refractivity (Wildman–Crippen MR) is 127 cm³/mol. The van der Waals surface area contributed by atoms with Crippen LogP contribution in [0, 0.1) is 5.82 Å². The number of amides is 1. The second-order valence-electron chi connectivity index (χ2n) is 7.15. The van der Waals surface area contributed by atoms with E-state index in [9.17, 15) is 17.6 Å². The zero-order valence-corrected chi connectivity index (χ0v) is 20.0. The van der Waals surface area contributed by atoms with E-state index in [0.29, 0.717) is 16.3 Å². The number of carbonyl (C=O) groups excluding carboxylic acids is 1. The molecule has 176 valence electrons. The highest BCUT2D eigenvalue weighted by molar-refractivity contribution is 7.92. The van der Waals surface area contributed by atoms with Crippen molar-refractivity contribution in [1.82, 2.24) is 4.57 Å². The van der Waals surface area contributed by atoms with Gasteiger partial charge in [-0.15, -0.1) is 0 Å². The smallest absolute Gasteiger partial charge is 0.279 e. The molecule has 0 atom stereocenters. The summed E-state index contributed by atoms with van der Waals surface area (Å²) in [6.07, 6.45) is 0. The number of hydrogen-bond acceptors (Lipinski definition) is 6. The number of rotatable bonds is 6. The Kier molecular flexibility index (Phi) is 6.40. The van der Waals surface area contributed by atoms with Crippen molar-refractivity contribution in [2.45, 2.75) is 4.90 Å². The minimum absolute atomic E-state index is 0.0767. The molecule has 4 aromatic rings. The van der Waals surface area contributed by atoms with Crippen molar-refractivity contribution in [2.24, 2.45) is 12.0 Å². The number of anilines is 1. The number of ether oxygens (including phenoxy) is 2. The number of fused-ring (bicyclic) bond motifs is 1. The molecule has 0 aliphatic rings. The quantitative estimate of drug-likeness (QED) is 0.432. The third kappa shape index (κ3) is 4.52. The predicted octanol–water partition coefficient (Wildman–Crippen LogP) is 3.94. The van der Waals surface area contributed by atoms with E-state index in [4.69, 9.17) is 9.47 Å². The Bertz CT molecular complexity index is 1540. The number of nitrogens with zero attached hydrogens (tertiary/aromatic N) is 2. The lowest BCUT2D eigenvalue weighted by atomic mass is 10.2. The van der Waals surface area contributed by atoms with Crippen molar-refractivity contribution in [2.75, 3.05) is 18.9 Å². The van der Waals surface area contributed by atoms with Crippen molar-refractivity contribution >= 4 is 43.2 Å². The van der Waals surface area contributed by atoms with Gasteiger partial charge in [-0.3, -0.25) is 9.52 Å². The highest BCUT2D eigenvalue weighted by atomic mass is 32.2. The normalized spacial score (nSPS) is 12.1. The van der Waals surface area contributed by atoms with Gasteiger partial charge in [-0.2, -0.15) is 4.99 Å². The molecule has 0 saturated heterocycles. The summed E-state index contributed by atoms with van der Waals surface area (Å²) in [5.41, 5.74) is 1.29. The lowest BCUT2D eigenvalue weighted by Crippen LogP contribution is -2.14. The summed E-state index contributed by atoms with van der Waals surface area (Å²) >= 11 is 1.29. The van der Waals surface area contributed by atoms with Gasteiger partial charge in [0.25, 0.3) is 15.9 Å². The molecule has 1 heterocycles. The van der Waals surface area contributed by atoms with Crippen LogP contribution in [0.3, 0.4) is 0 Å². The van der Waals surface area contributed by atoms with Crippen LogP contribution in [0.5, 0.6) is 11.5 Å². The van der Waals surface area contributed by atoms with E-state index in [-0.39, 0.29) is 16.1 Å². The Balaban J connectivity index is 1.62. The van der Waals surface area contributed by atoms with E-state index in [1.54, 1.807) is 38.0 Å². The summed E-state index contributed by atoms with van der Waals surface area (Å²) in [6.45, 7) is 0. The fraction of sp³-hybridized carbons (Fsp3) is 0.130. The fourth-order valence-electron chi connectivity index (χ4n) is 3.29. The molecule has 0 fully saturated rings. The minimum Gasteiger partial charge on any atom is -0.495 e. The molecule has 34 heavy (non-hydrogen) atoms. The van der Waals surface area contributed by atoms with E-state index < -0.39 is 21.7 Å². The van der Waals surface area contributed by atoms with Gasteiger partial charge in [0, 0.05) is 18.3 Å². The van der Waals surface area contributed by atoms with Gasteiger partial charge in [-0.1, -0.05) is 11.3 Å². The second-order valence-corrected chi connectivity index (χ2v) is 9.81. The Labute approximate surface area is 199 Å². The number of methoxy groups -OCH3 is 2. The largest absolute Gasteiger partial charge is 0.495 e. The van der Waals surface area contributed by atoms with E-state index in [0.717, 1.165) is 22.3 Å². The summed E-state index contributed by atoms with van der Waals surface area (Å²) in [5, 5.41) is 0. The van der Waals surface area contributed by atoms with Crippen LogP contribution in [-0.2, 0) is 17.1 Å². The maximum Gasteiger partial charge on any atom is 0.279 e. The SMILES string of the molecule is COc1ccc(OC)c2c1sc(=NC(=O)c1ccc(NS(=O)(=O)c3ccc(F)cc3)cc1)n2C. The van der Waals surface area contributed by atoms with E-state index >= 15 is 0 Å². The van der Waals surface area contributed by atoms with Gasteiger partial charge in [0.15, 0.2) is 4.80 Å². The maximum atomic E-state index is 13.1. The lowest BCUT2D eigenvalue weighted by molar-refractivity contribution is 0.0998. The standard InChI is InChI=1S/C23H20FN3O5S2/c1-27-20-18(31-2)12-13-19(32-3)21(20)33-23(27)25-22(28)14-4-8-16(9-5-14)26-34(29,30)17-10-6-15(24)7-11-17/h4-13,26H,1-3H3. The summed E-state index contributed by atoms with van der Waals surface area (Å²) < 4.78 is 53.8. The van der Waals surface area contributed by atoms with Crippen molar-refractivity contribution in [1.29, 1.82) is 0 Å². The monoisotopic (exact) mass is 501 g/mol. The first-order chi connectivity index (χ1) is 16.2. The molecule has 0 spiro atoms. The molecule has 0 aliphatic carbocycles. The van der Waals surface area contributed by atoms with Crippen molar-refractivity contribution in [3.63, 3.8) is 0 Å². The number of hydrogen-bond donors (Lipinski definition) is 1. The molecule has 0 aliphatic heterocycles. The Morgan fingerprint density at radius 2 is 1.59 bits per heavy atom. The molecular formula is C23H20FN3O5S2. The maximum absolute atomic E-state index is 13.1. The number of aryl methyl sites for hydroxylation is 1. The number of sulfonamides is 1. The van der Waals surface area contributed by atoms with Gasteiger partial charge >= 0.3 is 0 Å². The van der Waals surface area contributed by atoms with Crippen LogP contribution in [0.2, 0.25) is 0 Å². The third-order valence-corrected chi connectivity index (χ3v) is 7.56. The van der Waals surface area contributed by atoms with E-state index in [1.165, 1.54) is 47.7 Å². The average Bonchev–Trinajstić information content (AvgIpc) is 3.15. The van der Waals surface area contributed by atoms with Crippen LogP contribution in [0.15, 0.2) is 70.6 Å². The Morgan fingerprint density at radius 1 is 0.971 bits per heavy atom. The second kappa shape index (κ2) is 9.27. The van der Waals surface area contributed by atoms with Crippen molar-refractivity contribution in [3.05, 3.63) is 76.8 Å². The molecule has 1 amide bonds. The van der Waals surface area contributed by atoms with E-state index in [1.807, 2.05) is 0 Å². The van der Waals surface area contributed by atoms with Gasteiger partial charge in [0.2, 0.25) is 0 Å². The summed E-state index contributed by atoms with van der Waals surface area (Å²) in [4.78, 5) is 17.4. The van der Waals surface area contributed by atoms with Crippen molar-refractivity contribution < 1.29 is 27.1 Å². The molecule has 8 nitrogen and oxygen atoms in total. The third-order valence-electron chi connectivity index (χ3n) is 5.02. The first kappa shape index (κ1) is 23.5. The summed E-state index contributed by atoms with van der Waals surface area (Å²) in [7, 11) is 1.01. The highest BCUT2D eigenvalue weighted by Crippen LogP contribution is 2.34. The molecule has 11 heteroatoms. The molecule has 1 N–H and O–H groups in total. The molecule has 0 saturated carbocycles. The van der Waals surface area contributed by atoms with Gasteiger partial charge in [-0.25, -0.2) is 12.8 Å². The first-order valence-electron chi connectivity index (χ1n) is 9.91. The zero-order valence-electron chi connectivity index (χ0n) is 18.4. The number of aromatic nitrogens is 1. The van der Waals surface area contributed by atoms with Crippen LogP contribution in [0.1, 0.15) is 10.4 Å². The summed E-state index contributed by atoms with van der Waals surface area (Å²) in [6, 6.07) is 13.9. The van der Waals surface area contributed by atoms with Crippen LogP contribution in [0.4, 0.5) is 10.1 Å². The fourth-order valence-corrected chi connectivity index (χ4v) is 5.47. The lowest BCUT2D eigenvalue weighted by Gasteiger charge is -2.08. The van der Waals surface area contributed by atoms with Gasteiger partial charge in [0.05, 0.1) is 19.1 Å². The van der Waals surface area contributed by atoms with Crippen LogP contribution < -0.4 is 19.0 Å². The minimum atomic E-state index is -3.90. The Hall–Kier alpha value is -3.70. The van der Waals surface area contributed by atoms with Crippen LogP contribution in [0.25, 0.3) is 10.2 Å². The molecule has 4 rings (SSSR count). The number of halogens is 1. The molecular weight excluding hydrogens is 481 g/mol. The number of nitrogens with one attached hydrogen (secondary N) is 1. The molecule has 1 aromatic heterocycles. The van der Waals surface area contributed by atoms with E-state index in [2.05, 4.69) is 9.71 Å². The van der Waals surface area contributed by atoms with Crippen LogP contribution >= 0.6 is 11.3 Å². The van der Waals surface area contributed by atoms with Gasteiger partial charge in [-0.05, 0) is 60.7 Å². The van der Waals surface area contributed by atoms with Crippen LogP contribution in [-0.4, -0.2) is 33.1 Å². The zero-order chi connectivity index (χ0) is 24.5. The molecule has 0 bridgehead atoms. The summed E-state index contributed by atoms with van der Waals surface area (Å²) in [5.74, 6) is 0.242. The number of thiazole rings is 1. The average molecular weight is 502 g/mol. The number of benzene rings is 3. The first-order valence-corrected chi connectivity index (χ1v) is 12.2. The topological polar surface area (TPSA) is 99.0 Å². The molecule has 3 aromatic carbocycles. The molecule has 0 radical (unpaired) electrons. The number of carbonyl (C=O) groups is 1.